The van der Waals surface area contributed by atoms with E-state index in [1.54, 1.807) is 18.2 Å². The van der Waals surface area contributed by atoms with Gasteiger partial charge in [-0.05, 0) is 78.1 Å². The third kappa shape index (κ3) is 8.62. The Balaban J connectivity index is 1.70. The van der Waals surface area contributed by atoms with E-state index in [0.717, 1.165) is 27.2 Å². The van der Waals surface area contributed by atoms with Crippen LogP contribution in [0.5, 0.6) is 0 Å². The molecule has 3 rings (SSSR count). The number of hydrogen-bond acceptors (Lipinski definition) is 7. The summed E-state index contributed by atoms with van der Waals surface area (Å²) < 4.78 is 0.267. The molecule has 1 N–H and O–H groups in total. The molecule has 0 unspecified atom stereocenters. The van der Waals surface area contributed by atoms with Crippen molar-refractivity contribution in [2.75, 3.05) is 11.4 Å². The SMILES string of the molecule is C#CC#CC#CC#CC#CC#CC#CC#CC#CN1C(=O)/C(=C2\Sc3cc(/C=C(\C#N)C(=O)O)ccc3N2CC)SC1=S. The first-order chi connectivity index (χ1) is 20.9. The van der Waals surface area contributed by atoms with Gasteiger partial charge in [0.05, 0.1) is 5.69 Å². The first-order valence-electron chi connectivity index (χ1n) is 11.6. The molecule has 2 aliphatic rings. The number of carboxylic acid groups (broad SMARTS) is 1. The summed E-state index contributed by atoms with van der Waals surface area (Å²) in [6, 6.07) is 9.63. The van der Waals surface area contributed by atoms with Gasteiger partial charge in [0.1, 0.15) is 21.6 Å². The molecular weight excluding hydrogens is 595 g/mol. The van der Waals surface area contributed by atoms with Crippen LogP contribution in [-0.2, 0) is 9.59 Å². The molecule has 0 aromatic heterocycles. The number of terminal acetylenes is 1. The van der Waals surface area contributed by atoms with Crippen molar-refractivity contribution in [1.82, 2.24) is 4.90 Å². The summed E-state index contributed by atoms with van der Waals surface area (Å²) in [4.78, 5) is 28.8. The molecule has 0 aliphatic carbocycles. The summed E-state index contributed by atoms with van der Waals surface area (Å²) in [5.74, 6) is 37.6. The molecule has 2 heterocycles. The second-order valence-corrected chi connectivity index (χ2v) is 10.00. The van der Waals surface area contributed by atoms with Gasteiger partial charge < -0.3 is 10.0 Å². The first kappa shape index (κ1) is 31.3. The average Bonchev–Trinajstić information content (AvgIpc) is 3.50. The highest BCUT2D eigenvalue weighted by atomic mass is 32.2. The quantitative estimate of drug-likeness (QED) is 0.244. The number of aliphatic carboxylic acids is 1. The maximum Gasteiger partial charge on any atom is 0.346 e. The van der Waals surface area contributed by atoms with Gasteiger partial charge in [-0.3, -0.25) is 4.79 Å². The fourth-order valence-electron chi connectivity index (χ4n) is 3.10. The lowest BCUT2D eigenvalue weighted by atomic mass is 10.1. The molecule has 6 nitrogen and oxygen atoms in total. The van der Waals surface area contributed by atoms with E-state index < -0.39 is 5.97 Å². The average molecular weight is 606 g/mol. The molecule has 0 spiro atoms. The largest absolute Gasteiger partial charge is 0.477 e. The highest BCUT2D eigenvalue weighted by Crippen LogP contribution is 2.50. The van der Waals surface area contributed by atoms with E-state index in [0.29, 0.717) is 22.0 Å². The van der Waals surface area contributed by atoms with Crippen LogP contribution < -0.4 is 4.90 Å². The molecule has 9 heteroatoms. The maximum absolute atomic E-state index is 13.2. The summed E-state index contributed by atoms with van der Waals surface area (Å²) in [6.07, 6.45) is 6.25. The fraction of sp³-hybridized carbons (Fsp3) is 0.0588. The van der Waals surface area contributed by atoms with E-state index in [1.807, 2.05) is 17.9 Å². The lowest BCUT2D eigenvalue weighted by Crippen LogP contribution is -2.24. The van der Waals surface area contributed by atoms with Gasteiger partial charge in [-0.15, -0.1) is 6.42 Å². The number of rotatable bonds is 3. The van der Waals surface area contributed by atoms with Crippen LogP contribution in [0.15, 0.2) is 38.6 Å². The summed E-state index contributed by atoms with van der Waals surface area (Å²) in [6.45, 7) is 2.52. The Kier molecular flexibility index (Phi) is 11.7. The number of thioether (sulfide) groups is 2. The minimum absolute atomic E-state index is 0.267. The van der Waals surface area contributed by atoms with E-state index in [-0.39, 0.29) is 15.8 Å². The molecule has 1 aromatic rings. The highest BCUT2D eigenvalue weighted by molar-refractivity contribution is 8.27. The zero-order valence-electron chi connectivity index (χ0n) is 21.9. The van der Waals surface area contributed by atoms with Crippen molar-refractivity contribution in [1.29, 1.82) is 5.26 Å². The number of benzene rings is 1. The van der Waals surface area contributed by atoms with Crippen molar-refractivity contribution in [3.8, 4) is 113 Å². The van der Waals surface area contributed by atoms with Crippen molar-refractivity contribution in [3.05, 3.63) is 39.3 Å². The predicted octanol–water partition coefficient (Wildman–Crippen LogP) is 3.26. The molecule has 43 heavy (non-hydrogen) atoms. The van der Waals surface area contributed by atoms with Gasteiger partial charge in [0, 0.05) is 64.8 Å². The molecule has 1 fully saturated rings. The monoisotopic (exact) mass is 605 g/mol. The molecule has 0 saturated carbocycles. The fourth-order valence-corrected chi connectivity index (χ4v) is 5.71. The summed E-state index contributed by atoms with van der Waals surface area (Å²) in [7, 11) is 0. The summed E-state index contributed by atoms with van der Waals surface area (Å²) in [5, 5.41) is 18.9. The smallest absolute Gasteiger partial charge is 0.346 e. The van der Waals surface area contributed by atoms with Crippen molar-refractivity contribution in [3.63, 3.8) is 0 Å². The summed E-state index contributed by atoms with van der Waals surface area (Å²) in [5.41, 5.74) is 1.04. The number of carbonyl (C=O) groups is 2. The van der Waals surface area contributed by atoms with E-state index in [4.69, 9.17) is 29.0 Å². The number of carbonyl (C=O) groups excluding carboxylic acids is 1. The molecule has 1 aromatic carbocycles. The molecule has 1 saturated heterocycles. The zero-order valence-corrected chi connectivity index (χ0v) is 24.4. The second kappa shape index (κ2) is 16.1. The molecule has 1 amide bonds. The Hall–Kier alpha value is -6.24. The van der Waals surface area contributed by atoms with Crippen LogP contribution in [0.25, 0.3) is 6.08 Å². The molecular formula is C34H11N3O3S3. The van der Waals surface area contributed by atoms with E-state index in [2.05, 4.69) is 101 Å². The highest BCUT2D eigenvalue weighted by Gasteiger charge is 2.38. The third-order valence-electron chi connectivity index (χ3n) is 4.78. The molecule has 2 aliphatic heterocycles. The Labute approximate surface area is 263 Å². The van der Waals surface area contributed by atoms with E-state index in [1.165, 1.54) is 17.8 Å². The number of nitrogens with zero attached hydrogens (tertiary/aromatic N) is 3. The van der Waals surface area contributed by atoms with Crippen LogP contribution in [0.2, 0.25) is 0 Å². The van der Waals surface area contributed by atoms with Gasteiger partial charge in [-0.2, -0.15) is 5.26 Å². The van der Waals surface area contributed by atoms with Crippen LogP contribution >= 0.6 is 35.7 Å². The van der Waals surface area contributed by atoms with Crippen molar-refractivity contribution < 1.29 is 14.7 Å². The van der Waals surface area contributed by atoms with Gasteiger partial charge >= 0.3 is 5.97 Å². The van der Waals surface area contributed by atoms with Crippen LogP contribution in [0.1, 0.15) is 12.5 Å². The Morgan fingerprint density at radius 2 is 1.51 bits per heavy atom. The number of carboxylic acids is 1. The van der Waals surface area contributed by atoms with Crippen molar-refractivity contribution in [2.45, 2.75) is 11.8 Å². The normalized spacial score (nSPS) is 13.5. The van der Waals surface area contributed by atoms with Crippen molar-refractivity contribution >= 4 is 63.7 Å². The summed E-state index contributed by atoms with van der Waals surface area (Å²) >= 11 is 7.87. The minimum atomic E-state index is -1.30. The third-order valence-corrected chi connectivity index (χ3v) is 7.44. The molecule has 0 radical (unpaired) electrons. The zero-order chi connectivity index (χ0) is 31.0. The number of thiocarbonyl (C=S) groups is 1. The van der Waals surface area contributed by atoms with E-state index in [9.17, 15) is 9.59 Å². The lowest BCUT2D eigenvalue weighted by Gasteiger charge is -2.19. The van der Waals surface area contributed by atoms with Gasteiger partial charge in [0.25, 0.3) is 5.91 Å². The molecule has 0 bridgehead atoms. The van der Waals surface area contributed by atoms with Gasteiger partial charge in [-0.25, -0.2) is 9.69 Å². The Bertz CT molecular complexity index is 2120. The lowest BCUT2D eigenvalue weighted by molar-refractivity contribution is -0.132. The number of nitriles is 1. The van der Waals surface area contributed by atoms with Crippen LogP contribution in [0.4, 0.5) is 5.69 Å². The van der Waals surface area contributed by atoms with Crippen LogP contribution in [0, 0.1) is 119 Å². The van der Waals surface area contributed by atoms with Gasteiger partial charge in [0.2, 0.25) is 0 Å². The van der Waals surface area contributed by atoms with Crippen molar-refractivity contribution in [2.24, 2.45) is 0 Å². The number of anilines is 1. The Morgan fingerprint density at radius 3 is 2.02 bits per heavy atom. The number of fused-ring (bicyclic) bond motifs is 1. The minimum Gasteiger partial charge on any atom is -0.477 e. The topological polar surface area (TPSA) is 84.6 Å². The van der Waals surface area contributed by atoms with Crippen LogP contribution in [0.3, 0.4) is 0 Å². The number of hydrogen-bond donors (Lipinski definition) is 1. The standard InChI is InChI=1S/C34H11N3O3S3/c1-3-5-6-7-8-9-10-11-12-13-14-15-16-17-18-19-22-37-31(38)30(43-34(37)41)32-36(4-2)28-21-20-26(24-29(28)42-32)23-27(25-35)33(39)40/h1,20-21,23-24H,4H2,2H3,(H,39,40)/b27-23+,32-30+. The van der Waals surface area contributed by atoms with E-state index >= 15 is 0 Å². The van der Waals surface area contributed by atoms with Gasteiger partial charge in [0.15, 0.2) is 4.32 Å². The first-order valence-corrected chi connectivity index (χ1v) is 13.7. The predicted molar refractivity (Wildman–Crippen MR) is 172 cm³/mol. The number of amides is 1. The van der Waals surface area contributed by atoms with Gasteiger partial charge in [-0.1, -0.05) is 41.8 Å². The molecule has 198 valence electrons. The maximum atomic E-state index is 13.2. The van der Waals surface area contributed by atoms with Crippen LogP contribution in [-0.4, -0.2) is 32.7 Å². The molecule has 0 atom stereocenters. The second-order valence-electron chi connectivity index (χ2n) is 7.32. The Morgan fingerprint density at radius 1 is 0.953 bits per heavy atom.